The van der Waals surface area contributed by atoms with Gasteiger partial charge < -0.3 is 19.5 Å². The number of anilines is 2. The molecule has 0 aliphatic carbocycles. The van der Waals surface area contributed by atoms with Crippen LogP contribution < -0.4 is 24.8 Å². The highest BCUT2D eigenvalue weighted by atomic mass is 16.5. The predicted octanol–water partition coefficient (Wildman–Crippen LogP) is 5.26. The molecule has 0 unspecified atom stereocenters. The van der Waals surface area contributed by atoms with Gasteiger partial charge in [0, 0.05) is 12.1 Å². The van der Waals surface area contributed by atoms with E-state index in [1.807, 2.05) is 0 Å². The van der Waals surface area contributed by atoms with E-state index in [0.717, 1.165) is 12.8 Å². The molecule has 2 N–H and O–H groups in total. The number of carbonyl (C=O) groups excluding carboxylic acids is 1. The van der Waals surface area contributed by atoms with Crippen molar-refractivity contribution in [3.05, 3.63) is 12.1 Å². The summed E-state index contributed by atoms with van der Waals surface area (Å²) in [6, 6.07) is 2.77. The van der Waals surface area contributed by atoms with Crippen LogP contribution in [0.2, 0.25) is 0 Å². The van der Waals surface area contributed by atoms with E-state index in [0.29, 0.717) is 29.5 Å². The fourth-order valence-electron chi connectivity index (χ4n) is 3.50. The SMILES string of the molecule is CCCCCCCCCCCCn1nnc(NC(=O)Nc2c(OC)cc(OC)cc2OC)n1. The lowest BCUT2D eigenvalue weighted by molar-refractivity contribution is 0.261. The van der Waals surface area contributed by atoms with Gasteiger partial charge in [-0.1, -0.05) is 69.8 Å². The maximum Gasteiger partial charge on any atom is 0.326 e. The zero-order valence-electron chi connectivity index (χ0n) is 20.4. The van der Waals surface area contributed by atoms with Crippen LogP contribution >= 0.6 is 0 Å². The second-order valence-electron chi connectivity index (χ2n) is 7.88. The third-order valence-corrected chi connectivity index (χ3v) is 5.34. The Labute approximate surface area is 196 Å². The molecule has 33 heavy (non-hydrogen) atoms. The molecule has 0 radical (unpaired) electrons. The first-order valence-electron chi connectivity index (χ1n) is 11.8. The number of hydrogen-bond donors (Lipinski definition) is 2. The summed E-state index contributed by atoms with van der Waals surface area (Å²) in [5.74, 6) is 1.48. The van der Waals surface area contributed by atoms with Crippen LogP contribution in [-0.4, -0.2) is 47.6 Å². The van der Waals surface area contributed by atoms with Gasteiger partial charge in [-0.15, -0.1) is 5.10 Å². The smallest absolute Gasteiger partial charge is 0.326 e. The van der Waals surface area contributed by atoms with Crippen molar-refractivity contribution in [2.45, 2.75) is 77.7 Å². The number of aromatic nitrogens is 4. The first-order valence-corrected chi connectivity index (χ1v) is 11.8. The van der Waals surface area contributed by atoms with Crippen molar-refractivity contribution in [3.63, 3.8) is 0 Å². The summed E-state index contributed by atoms with van der Waals surface area (Å²) >= 11 is 0. The lowest BCUT2D eigenvalue weighted by Gasteiger charge is -2.15. The van der Waals surface area contributed by atoms with Gasteiger partial charge in [-0.3, -0.25) is 5.32 Å². The molecule has 0 saturated heterocycles. The van der Waals surface area contributed by atoms with Crippen LogP contribution in [0.4, 0.5) is 16.4 Å². The van der Waals surface area contributed by atoms with Gasteiger partial charge in [0.2, 0.25) is 0 Å². The number of methoxy groups -OCH3 is 3. The second kappa shape index (κ2) is 14.9. The number of unbranched alkanes of at least 4 members (excludes halogenated alkanes) is 9. The first kappa shape index (κ1) is 26.2. The van der Waals surface area contributed by atoms with Crippen molar-refractivity contribution < 1.29 is 19.0 Å². The zero-order valence-corrected chi connectivity index (χ0v) is 20.4. The summed E-state index contributed by atoms with van der Waals surface area (Å²) in [4.78, 5) is 14.0. The van der Waals surface area contributed by atoms with Crippen LogP contribution in [0.15, 0.2) is 12.1 Å². The fourth-order valence-corrected chi connectivity index (χ4v) is 3.50. The molecular formula is C23H38N6O4. The molecule has 184 valence electrons. The number of ether oxygens (including phenoxy) is 3. The molecule has 2 rings (SSSR count). The standard InChI is InChI=1S/C23H38N6O4/c1-5-6-7-8-9-10-11-12-13-14-15-29-27-22(26-28-29)25-23(30)24-21-19(32-3)16-18(31-2)17-20(21)33-4/h16-17H,5-15H2,1-4H3,(H2,24,25,27,30). The number of hydrogen-bond acceptors (Lipinski definition) is 7. The molecule has 1 aromatic carbocycles. The minimum absolute atomic E-state index is 0.131. The summed E-state index contributed by atoms with van der Waals surface area (Å²) in [6.07, 6.45) is 12.7. The third kappa shape index (κ3) is 9.15. The Morgan fingerprint density at radius 1 is 0.848 bits per heavy atom. The second-order valence-corrected chi connectivity index (χ2v) is 7.88. The number of rotatable bonds is 16. The van der Waals surface area contributed by atoms with E-state index in [4.69, 9.17) is 14.2 Å². The van der Waals surface area contributed by atoms with E-state index in [1.165, 1.54) is 70.4 Å². The van der Waals surface area contributed by atoms with E-state index in [9.17, 15) is 4.79 Å². The zero-order chi connectivity index (χ0) is 23.9. The summed E-state index contributed by atoms with van der Waals surface area (Å²) in [6.45, 7) is 2.92. The minimum atomic E-state index is -0.532. The van der Waals surface area contributed by atoms with E-state index in [-0.39, 0.29) is 5.95 Å². The molecule has 0 fully saturated rings. The average Bonchev–Trinajstić information content (AvgIpc) is 3.27. The van der Waals surface area contributed by atoms with Crippen LogP contribution in [0, 0.1) is 0 Å². The molecule has 1 heterocycles. The summed E-state index contributed by atoms with van der Waals surface area (Å²) in [5.41, 5.74) is 0.371. The molecule has 2 amide bonds. The molecule has 10 heteroatoms. The number of nitrogens with zero attached hydrogens (tertiary/aromatic N) is 4. The molecule has 1 aromatic heterocycles. The lowest BCUT2D eigenvalue weighted by Crippen LogP contribution is -2.21. The van der Waals surface area contributed by atoms with E-state index in [1.54, 1.807) is 19.2 Å². The molecule has 0 aliphatic rings. The molecule has 0 atom stereocenters. The van der Waals surface area contributed by atoms with Crippen molar-refractivity contribution in [1.82, 2.24) is 20.2 Å². The van der Waals surface area contributed by atoms with Crippen LogP contribution in [-0.2, 0) is 6.54 Å². The first-order chi connectivity index (χ1) is 16.1. The maximum atomic E-state index is 12.4. The highest BCUT2D eigenvalue weighted by molar-refractivity contribution is 6.01. The Morgan fingerprint density at radius 2 is 1.42 bits per heavy atom. The highest BCUT2D eigenvalue weighted by Gasteiger charge is 2.17. The van der Waals surface area contributed by atoms with Crippen LogP contribution in [0.1, 0.15) is 71.1 Å². The van der Waals surface area contributed by atoms with Crippen molar-refractivity contribution in [2.24, 2.45) is 0 Å². The Hall–Kier alpha value is -3.04. The maximum absolute atomic E-state index is 12.4. The van der Waals surface area contributed by atoms with E-state index >= 15 is 0 Å². The van der Waals surface area contributed by atoms with Gasteiger partial charge in [0.25, 0.3) is 5.95 Å². The van der Waals surface area contributed by atoms with Gasteiger partial charge in [-0.2, -0.15) is 4.80 Å². The lowest BCUT2D eigenvalue weighted by atomic mass is 10.1. The summed E-state index contributed by atoms with van der Waals surface area (Å²) in [5, 5.41) is 17.4. The van der Waals surface area contributed by atoms with E-state index in [2.05, 4.69) is 33.0 Å². The number of urea groups is 1. The Bertz CT molecular complexity index is 817. The molecule has 0 spiro atoms. The van der Waals surface area contributed by atoms with Crippen molar-refractivity contribution >= 4 is 17.7 Å². The van der Waals surface area contributed by atoms with E-state index < -0.39 is 6.03 Å². The number of tetrazole rings is 1. The van der Waals surface area contributed by atoms with Crippen molar-refractivity contribution in [3.8, 4) is 17.2 Å². The molecular weight excluding hydrogens is 424 g/mol. The molecule has 0 bridgehead atoms. The molecule has 10 nitrogen and oxygen atoms in total. The largest absolute Gasteiger partial charge is 0.496 e. The molecule has 0 saturated carbocycles. The normalized spacial score (nSPS) is 10.7. The van der Waals surface area contributed by atoms with Gasteiger partial charge in [0.1, 0.15) is 22.9 Å². The van der Waals surface area contributed by atoms with Gasteiger partial charge >= 0.3 is 6.03 Å². The molecule has 2 aromatic rings. The number of carbonyl (C=O) groups is 1. The molecule has 0 aliphatic heterocycles. The number of nitrogens with one attached hydrogen (secondary N) is 2. The summed E-state index contributed by atoms with van der Waals surface area (Å²) < 4.78 is 15.9. The average molecular weight is 463 g/mol. The Balaban J connectivity index is 1.73. The van der Waals surface area contributed by atoms with Gasteiger partial charge in [-0.05, 0) is 11.6 Å². The third-order valence-electron chi connectivity index (χ3n) is 5.34. The van der Waals surface area contributed by atoms with Gasteiger partial charge in [-0.25, -0.2) is 4.79 Å². The topological polar surface area (TPSA) is 112 Å². The van der Waals surface area contributed by atoms with Crippen LogP contribution in [0.5, 0.6) is 17.2 Å². The number of benzene rings is 1. The van der Waals surface area contributed by atoms with Gasteiger partial charge in [0.15, 0.2) is 0 Å². The summed E-state index contributed by atoms with van der Waals surface area (Å²) in [7, 11) is 4.54. The van der Waals surface area contributed by atoms with Gasteiger partial charge in [0.05, 0.1) is 27.9 Å². The highest BCUT2D eigenvalue weighted by Crippen LogP contribution is 2.38. The van der Waals surface area contributed by atoms with Crippen molar-refractivity contribution in [2.75, 3.05) is 32.0 Å². The number of amides is 2. The monoisotopic (exact) mass is 462 g/mol. The van der Waals surface area contributed by atoms with Crippen LogP contribution in [0.3, 0.4) is 0 Å². The quantitative estimate of drug-likeness (QED) is 0.327. The van der Waals surface area contributed by atoms with Crippen molar-refractivity contribution in [1.29, 1.82) is 0 Å². The Morgan fingerprint density at radius 3 is 1.97 bits per heavy atom. The fraction of sp³-hybridized carbons (Fsp3) is 0.652. The Kier molecular flexibility index (Phi) is 11.8. The minimum Gasteiger partial charge on any atom is -0.496 e. The predicted molar refractivity (Wildman–Crippen MR) is 128 cm³/mol. The van der Waals surface area contributed by atoms with Crippen LogP contribution in [0.25, 0.3) is 0 Å². The number of aryl methyl sites for hydroxylation is 1.